The summed E-state index contributed by atoms with van der Waals surface area (Å²) < 4.78 is 5.14. The molecule has 4 heteroatoms. The fourth-order valence-electron chi connectivity index (χ4n) is 1.68. The van der Waals surface area contributed by atoms with Crippen molar-refractivity contribution in [1.82, 2.24) is 10.3 Å². The van der Waals surface area contributed by atoms with Crippen LogP contribution in [-0.2, 0) is 6.54 Å². The third kappa shape index (κ3) is 1.92. The quantitative estimate of drug-likeness (QED) is 0.815. The van der Waals surface area contributed by atoms with Crippen LogP contribution in [0.25, 0.3) is 10.9 Å². The summed E-state index contributed by atoms with van der Waals surface area (Å²) in [6, 6.07) is 7.46. The van der Waals surface area contributed by atoms with Gasteiger partial charge in [-0.3, -0.25) is 4.79 Å². The topological polar surface area (TPSA) is 54.1 Å². The molecule has 2 N–H and O–H groups in total. The lowest BCUT2D eigenvalue weighted by atomic mass is 10.1. The fraction of sp³-hybridized carbons (Fsp3) is 0.250. The summed E-state index contributed by atoms with van der Waals surface area (Å²) in [6.45, 7) is 0.558. The summed E-state index contributed by atoms with van der Waals surface area (Å²) >= 11 is 0. The van der Waals surface area contributed by atoms with Crippen LogP contribution in [0.2, 0.25) is 0 Å². The highest BCUT2D eigenvalue weighted by Crippen LogP contribution is 2.18. The van der Waals surface area contributed by atoms with E-state index < -0.39 is 0 Å². The van der Waals surface area contributed by atoms with Gasteiger partial charge in [0.25, 0.3) is 5.56 Å². The van der Waals surface area contributed by atoms with Gasteiger partial charge in [0.2, 0.25) is 0 Å². The lowest BCUT2D eigenvalue weighted by Gasteiger charge is -2.04. The Morgan fingerprint density at radius 3 is 2.88 bits per heavy atom. The molecular weight excluding hydrogens is 204 g/mol. The highest BCUT2D eigenvalue weighted by molar-refractivity contribution is 5.80. The Labute approximate surface area is 93.3 Å². The zero-order chi connectivity index (χ0) is 11.5. The largest absolute Gasteiger partial charge is 0.497 e. The third-order valence-electron chi connectivity index (χ3n) is 2.50. The SMILES string of the molecule is CNCc1cc2cc(OC)ccc2[nH]c1=O. The van der Waals surface area contributed by atoms with Gasteiger partial charge in [0.15, 0.2) is 0 Å². The van der Waals surface area contributed by atoms with Gasteiger partial charge in [0.05, 0.1) is 7.11 Å². The number of rotatable bonds is 3. The third-order valence-corrected chi connectivity index (χ3v) is 2.50. The van der Waals surface area contributed by atoms with Crippen molar-refractivity contribution >= 4 is 10.9 Å². The first-order valence-electron chi connectivity index (χ1n) is 5.09. The van der Waals surface area contributed by atoms with E-state index in [-0.39, 0.29) is 5.56 Å². The Morgan fingerprint density at radius 1 is 1.38 bits per heavy atom. The highest BCUT2D eigenvalue weighted by Gasteiger charge is 2.02. The molecule has 0 radical (unpaired) electrons. The number of pyridine rings is 1. The van der Waals surface area contributed by atoms with Crippen LogP contribution in [0, 0.1) is 0 Å². The number of aromatic amines is 1. The summed E-state index contributed by atoms with van der Waals surface area (Å²) in [5.74, 6) is 0.787. The summed E-state index contributed by atoms with van der Waals surface area (Å²) in [5.41, 5.74) is 1.50. The van der Waals surface area contributed by atoms with Crippen LogP contribution in [0.1, 0.15) is 5.56 Å². The van der Waals surface area contributed by atoms with E-state index in [0.717, 1.165) is 22.2 Å². The van der Waals surface area contributed by atoms with Gasteiger partial charge in [0.1, 0.15) is 5.75 Å². The van der Waals surface area contributed by atoms with Crippen molar-refractivity contribution in [3.63, 3.8) is 0 Å². The van der Waals surface area contributed by atoms with E-state index in [4.69, 9.17) is 4.74 Å². The molecule has 0 spiro atoms. The minimum atomic E-state index is -0.0491. The summed E-state index contributed by atoms with van der Waals surface area (Å²) in [4.78, 5) is 14.5. The Bertz CT molecular complexity index is 560. The molecule has 0 aliphatic heterocycles. The standard InChI is InChI=1S/C12H14N2O2/c1-13-7-9-5-8-6-10(16-2)3-4-11(8)14-12(9)15/h3-6,13H,7H2,1-2H3,(H,14,15). The predicted octanol–water partition coefficient (Wildman–Crippen LogP) is 1.26. The molecule has 0 aliphatic rings. The molecule has 1 heterocycles. The first-order chi connectivity index (χ1) is 7.74. The van der Waals surface area contributed by atoms with Crippen LogP contribution in [0.3, 0.4) is 0 Å². The monoisotopic (exact) mass is 218 g/mol. The van der Waals surface area contributed by atoms with Crippen LogP contribution in [0.5, 0.6) is 5.75 Å². The van der Waals surface area contributed by atoms with Gasteiger partial charge in [-0.25, -0.2) is 0 Å². The number of ether oxygens (including phenoxy) is 1. The van der Waals surface area contributed by atoms with Crippen molar-refractivity contribution in [1.29, 1.82) is 0 Å². The Balaban J connectivity index is 2.61. The van der Waals surface area contributed by atoms with Crippen molar-refractivity contribution in [2.24, 2.45) is 0 Å². The molecular formula is C12H14N2O2. The maximum Gasteiger partial charge on any atom is 0.252 e. The van der Waals surface area contributed by atoms with Gasteiger partial charge in [-0.2, -0.15) is 0 Å². The lowest BCUT2D eigenvalue weighted by Crippen LogP contribution is -2.17. The Hall–Kier alpha value is -1.81. The van der Waals surface area contributed by atoms with Crippen LogP contribution in [-0.4, -0.2) is 19.1 Å². The maximum absolute atomic E-state index is 11.7. The number of fused-ring (bicyclic) bond motifs is 1. The molecule has 0 fully saturated rings. The van der Waals surface area contributed by atoms with Crippen molar-refractivity contribution in [3.05, 3.63) is 40.2 Å². The van der Waals surface area contributed by atoms with Crippen molar-refractivity contribution in [3.8, 4) is 5.75 Å². The minimum absolute atomic E-state index is 0.0491. The predicted molar refractivity (Wildman–Crippen MR) is 63.9 cm³/mol. The Kier molecular flexibility index (Phi) is 2.92. The molecule has 0 unspecified atom stereocenters. The number of aromatic nitrogens is 1. The van der Waals surface area contributed by atoms with E-state index in [9.17, 15) is 4.79 Å². The number of H-pyrrole nitrogens is 1. The van der Waals surface area contributed by atoms with Crippen molar-refractivity contribution in [2.45, 2.75) is 6.54 Å². The summed E-state index contributed by atoms with van der Waals surface area (Å²) in [6.07, 6.45) is 0. The molecule has 2 aromatic rings. The highest BCUT2D eigenvalue weighted by atomic mass is 16.5. The second-order valence-corrected chi connectivity index (χ2v) is 3.61. The van der Waals surface area contributed by atoms with Crippen LogP contribution < -0.4 is 15.6 Å². The first kappa shape index (κ1) is 10.7. The molecule has 0 saturated carbocycles. The summed E-state index contributed by atoms with van der Waals surface area (Å²) in [5, 5.41) is 3.94. The summed E-state index contributed by atoms with van der Waals surface area (Å²) in [7, 11) is 3.44. The molecule has 4 nitrogen and oxygen atoms in total. The average Bonchev–Trinajstić information content (AvgIpc) is 2.30. The molecule has 84 valence electrons. The average molecular weight is 218 g/mol. The van der Waals surface area contributed by atoms with Gasteiger partial charge in [-0.15, -0.1) is 0 Å². The van der Waals surface area contributed by atoms with E-state index >= 15 is 0 Å². The van der Waals surface area contributed by atoms with Gasteiger partial charge in [-0.05, 0) is 31.3 Å². The van der Waals surface area contributed by atoms with Gasteiger partial charge in [-0.1, -0.05) is 0 Å². The van der Waals surface area contributed by atoms with Crippen molar-refractivity contribution < 1.29 is 4.74 Å². The molecule has 0 atom stereocenters. The van der Waals surface area contributed by atoms with Crippen molar-refractivity contribution in [2.75, 3.05) is 14.2 Å². The smallest absolute Gasteiger partial charge is 0.252 e. The van der Waals surface area contributed by atoms with Crippen LogP contribution in [0.4, 0.5) is 0 Å². The van der Waals surface area contributed by atoms with Gasteiger partial charge in [0, 0.05) is 23.0 Å². The normalized spacial score (nSPS) is 10.6. The molecule has 0 aliphatic carbocycles. The molecule has 2 rings (SSSR count). The first-order valence-corrected chi connectivity index (χ1v) is 5.09. The zero-order valence-electron chi connectivity index (χ0n) is 9.33. The van der Waals surface area contributed by atoms with Crippen LogP contribution in [0.15, 0.2) is 29.1 Å². The van der Waals surface area contributed by atoms with E-state index in [1.165, 1.54) is 0 Å². The fourth-order valence-corrected chi connectivity index (χ4v) is 1.68. The Morgan fingerprint density at radius 2 is 2.19 bits per heavy atom. The molecule has 0 amide bonds. The molecule has 16 heavy (non-hydrogen) atoms. The second-order valence-electron chi connectivity index (χ2n) is 3.61. The maximum atomic E-state index is 11.7. The number of benzene rings is 1. The number of hydrogen-bond donors (Lipinski definition) is 2. The van der Waals surface area contributed by atoms with E-state index in [0.29, 0.717) is 6.54 Å². The minimum Gasteiger partial charge on any atom is -0.497 e. The zero-order valence-corrected chi connectivity index (χ0v) is 9.33. The number of methoxy groups -OCH3 is 1. The van der Waals surface area contributed by atoms with E-state index in [1.807, 2.05) is 31.3 Å². The number of nitrogens with one attached hydrogen (secondary N) is 2. The van der Waals surface area contributed by atoms with Crippen LogP contribution >= 0.6 is 0 Å². The van der Waals surface area contributed by atoms with E-state index in [2.05, 4.69) is 10.3 Å². The molecule has 0 bridgehead atoms. The van der Waals surface area contributed by atoms with Gasteiger partial charge >= 0.3 is 0 Å². The molecule has 0 saturated heterocycles. The van der Waals surface area contributed by atoms with Gasteiger partial charge < -0.3 is 15.0 Å². The number of hydrogen-bond acceptors (Lipinski definition) is 3. The lowest BCUT2D eigenvalue weighted by molar-refractivity contribution is 0.415. The molecule has 1 aromatic heterocycles. The van der Waals surface area contributed by atoms with E-state index in [1.54, 1.807) is 7.11 Å². The second kappa shape index (κ2) is 4.37. The molecule has 1 aromatic carbocycles.